The van der Waals surface area contributed by atoms with Crippen molar-refractivity contribution in [2.24, 2.45) is 0 Å². The summed E-state index contributed by atoms with van der Waals surface area (Å²) in [5.41, 5.74) is 2.57. The number of hydrogen-bond acceptors (Lipinski definition) is 3. The third-order valence-electron chi connectivity index (χ3n) is 3.63. The lowest BCUT2D eigenvalue weighted by molar-refractivity contribution is 0.0768. The maximum atomic E-state index is 12.6. The van der Waals surface area contributed by atoms with Gasteiger partial charge in [0.05, 0.1) is 28.5 Å². The van der Waals surface area contributed by atoms with Crippen molar-refractivity contribution in [2.75, 3.05) is 12.3 Å². The van der Waals surface area contributed by atoms with Crippen LogP contribution in [0.1, 0.15) is 23.0 Å². The van der Waals surface area contributed by atoms with Gasteiger partial charge in [0.15, 0.2) is 0 Å². The van der Waals surface area contributed by atoms with Gasteiger partial charge in [-0.1, -0.05) is 18.2 Å². The number of amides is 1. The molecule has 1 aliphatic rings. The molecule has 3 rings (SSSR count). The summed E-state index contributed by atoms with van der Waals surface area (Å²) in [5, 5.41) is 4.62. The first-order valence-electron chi connectivity index (χ1n) is 6.71. The topological polar surface area (TPSA) is 38.1 Å². The lowest BCUT2D eigenvalue weighted by atomic mass is 10.2. The quantitative estimate of drug-likeness (QED) is 0.852. The molecule has 5 heteroatoms. The van der Waals surface area contributed by atoms with Crippen molar-refractivity contribution in [1.82, 2.24) is 14.7 Å². The van der Waals surface area contributed by atoms with Gasteiger partial charge in [-0.3, -0.25) is 4.79 Å². The van der Waals surface area contributed by atoms with Crippen molar-refractivity contribution >= 4 is 17.7 Å². The molecule has 0 spiro atoms. The van der Waals surface area contributed by atoms with Crippen LogP contribution in [0.5, 0.6) is 0 Å². The van der Waals surface area contributed by atoms with Crippen LogP contribution in [0.25, 0.3) is 5.69 Å². The SMILES string of the molecule is Cc1c(C(=O)N2CCSC2C)cnn1-c1ccccc1. The van der Waals surface area contributed by atoms with Crippen molar-refractivity contribution in [1.29, 1.82) is 0 Å². The van der Waals surface area contributed by atoms with E-state index in [1.807, 2.05) is 58.6 Å². The number of thioether (sulfide) groups is 1. The molecule has 0 N–H and O–H groups in total. The highest BCUT2D eigenvalue weighted by Crippen LogP contribution is 2.26. The maximum Gasteiger partial charge on any atom is 0.258 e. The minimum absolute atomic E-state index is 0.0854. The van der Waals surface area contributed by atoms with Crippen LogP contribution < -0.4 is 0 Å². The Labute approximate surface area is 122 Å². The molecule has 1 aliphatic heterocycles. The van der Waals surface area contributed by atoms with Gasteiger partial charge in [0.25, 0.3) is 5.91 Å². The van der Waals surface area contributed by atoms with E-state index in [0.717, 1.165) is 23.7 Å². The van der Waals surface area contributed by atoms with Crippen LogP contribution in [0, 0.1) is 6.92 Å². The largest absolute Gasteiger partial charge is 0.326 e. The Morgan fingerprint density at radius 2 is 2.10 bits per heavy atom. The molecule has 1 aromatic heterocycles. The Morgan fingerprint density at radius 1 is 1.35 bits per heavy atom. The Hall–Kier alpha value is -1.75. The van der Waals surface area contributed by atoms with Crippen LogP contribution in [-0.2, 0) is 0 Å². The van der Waals surface area contributed by atoms with E-state index in [1.165, 1.54) is 0 Å². The molecule has 1 atom stereocenters. The predicted molar refractivity (Wildman–Crippen MR) is 81.3 cm³/mol. The highest BCUT2D eigenvalue weighted by atomic mass is 32.2. The van der Waals surface area contributed by atoms with Gasteiger partial charge in [-0.2, -0.15) is 5.10 Å². The fourth-order valence-corrected chi connectivity index (χ4v) is 3.49. The van der Waals surface area contributed by atoms with E-state index in [4.69, 9.17) is 0 Å². The molecule has 1 amide bonds. The zero-order chi connectivity index (χ0) is 14.1. The monoisotopic (exact) mass is 287 g/mol. The molecule has 1 aromatic carbocycles. The Kier molecular flexibility index (Phi) is 3.53. The first-order chi connectivity index (χ1) is 9.68. The van der Waals surface area contributed by atoms with E-state index in [2.05, 4.69) is 12.0 Å². The number of rotatable bonds is 2. The van der Waals surface area contributed by atoms with Gasteiger partial charge >= 0.3 is 0 Å². The summed E-state index contributed by atoms with van der Waals surface area (Å²) in [7, 11) is 0. The summed E-state index contributed by atoms with van der Waals surface area (Å²) in [6.45, 7) is 4.84. The highest BCUT2D eigenvalue weighted by molar-refractivity contribution is 8.00. The van der Waals surface area contributed by atoms with Crippen molar-refractivity contribution in [3.05, 3.63) is 47.8 Å². The van der Waals surface area contributed by atoms with Gasteiger partial charge in [0, 0.05) is 12.3 Å². The fraction of sp³-hybridized carbons (Fsp3) is 0.333. The van der Waals surface area contributed by atoms with Crippen molar-refractivity contribution in [3.8, 4) is 5.69 Å². The van der Waals surface area contributed by atoms with Crippen LogP contribution in [0.4, 0.5) is 0 Å². The minimum atomic E-state index is 0.0854. The first kappa shape index (κ1) is 13.2. The van der Waals surface area contributed by atoms with Crippen LogP contribution in [0.15, 0.2) is 36.5 Å². The normalized spacial score (nSPS) is 18.5. The van der Waals surface area contributed by atoms with E-state index >= 15 is 0 Å². The molecule has 0 bridgehead atoms. The van der Waals surface area contributed by atoms with Crippen LogP contribution >= 0.6 is 11.8 Å². The molecule has 104 valence electrons. The summed E-state index contributed by atoms with van der Waals surface area (Å²) >= 11 is 1.82. The Balaban J connectivity index is 1.93. The lowest BCUT2D eigenvalue weighted by Crippen LogP contribution is -2.33. The third kappa shape index (κ3) is 2.22. The number of carbonyl (C=O) groups excluding carboxylic acids is 1. The summed E-state index contributed by atoms with van der Waals surface area (Å²) in [5.74, 6) is 1.10. The molecule has 1 saturated heterocycles. The van der Waals surface area contributed by atoms with Crippen molar-refractivity contribution in [2.45, 2.75) is 19.2 Å². The number of hydrogen-bond donors (Lipinski definition) is 0. The second-order valence-electron chi connectivity index (χ2n) is 4.86. The average molecular weight is 287 g/mol. The number of nitrogens with zero attached hydrogens (tertiary/aromatic N) is 3. The molecule has 2 heterocycles. The molecule has 1 fully saturated rings. The molecule has 2 aromatic rings. The van der Waals surface area contributed by atoms with E-state index in [9.17, 15) is 4.79 Å². The Bertz CT molecular complexity index is 623. The van der Waals surface area contributed by atoms with Gasteiger partial charge in [-0.25, -0.2) is 4.68 Å². The molecular formula is C15H17N3OS. The Morgan fingerprint density at radius 3 is 2.75 bits per heavy atom. The zero-order valence-electron chi connectivity index (χ0n) is 11.6. The third-order valence-corrected chi connectivity index (χ3v) is 4.79. The summed E-state index contributed by atoms with van der Waals surface area (Å²) in [4.78, 5) is 14.5. The summed E-state index contributed by atoms with van der Waals surface area (Å²) in [6, 6.07) is 9.89. The number of benzene rings is 1. The van der Waals surface area contributed by atoms with Gasteiger partial charge in [-0.05, 0) is 26.0 Å². The van der Waals surface area contributed by atoms with Crippen LogP contribution in [0.3, 0.4) is 0 Å². The van der Waals surface area contributed by atoms with Crippen molar-refractivity contribution < 1.29 is 4.79 Å². The van der Waals surface area contributed by atoms with E-state index in [-0.39, 0.29) is 11.3 Å². The predicted octanol–water partition coefficient (Wildman–Crippen LogP) is 2.72. The number of para-hydroxylation sites is 1. The van der Waals surface area contributed by atoms with Crippen LogP contribution in [0.2, 0.25) is 0 Å². The van der Waals surface area contributed by atoms with Gasteiger partial charge in [0.1, 0.15) is 0 Å². The summed E-state index contributed by atoms with van der Waals surface area (Å²) < 4.78 is 1.82. The maximum absolute atomic E-state index is 12.6. The van der Waals surface area contributed by atoms with Crippen LogP contribution in [-0.4, -0.2) is 38.3 Å². The lowest BCUT2D eigenvalue weighted by Gasteiger charge is -2.20. The highest BCUT2D eigenvalue weighted by Gasteiger charge is 2.28. The smallest absolute Gasteiger partial charge is 0.258 e. The van der Waals surface area contributed by atoms with Crippen molar-refractivity contribution in [3.63, 3.8) is 0 Å². The van der Waals surface area contributed by atoms with E-state index in [1.54, 1.807) is 6.20 Å². The second-order valence-corrected chi connectivity index (χ2v) is 6.28. The first-order valence-corrected chi connectivity index (χ1v) is 7.76. The van der Waals surface area contributed by atoms with Gasteiger partial charge < -0.3 is 4.90 Å². The van der Waals surface area contributed by atoms with E-state index < -0.39 is 0 Å². The zero-order valence-corrected chi connectivity index (χ0v) is 12.4. The molecule has 4 nitrogen and oxygen atoms in total. The molecular weight excluding hydrogens is 270 g/mol. The van der Waals surface area contributed by atoms with Gasteiger partial charge in [0.2, 0.25) is 0 Å². The number of aromatic nitrogens is 2. The number of carbonyl (C=O) groups is 1. The van der Waals surface area contributed by atoms with E-state index in [0.29, 0.717) is 5.56 Å². The second kappa shape index (κ2) is 5.32. The fourth-order valence-electron chi connectivity index (χ4n) is 2.46. The molecule has 0 radical (unpaired) electrons. The minimum Gasteiger partial charge on any atom is -0.326 e. The molecule has 20 heavy (non-hydrogen) atoms. The summed E-state index contributed by atoms with van der Waals surface area (Å²) in [6.07, 6.45) is 1.68. The molecule has 0 saturated carbocycles. The molecule has 0 aliphatic carbocycles. The average Bonchev–Trinajstić information content (AvgIpc) is 3.05. The molecule has 1 unspecified atom stereocenters. The standard InChI is InChI=1S/C15H17N3OS/c1-11-14(15(19)17-8-9-20-12(17)2)10-16-18(11)13-6-4-3-5-7-13/h3-7,10,12H,8-9H2,1-2H3. The van der Waals surface area contributed by atoms with Gasteiger partial charge in [-0.15, -0.1) is 11.8 Å².